The number of alkyl halides is 1. The van der Waals surface area contributed by atoms with Crippen LogP contribution < -0.4 is 10.6 Å². The highest BCUT2D eigenvalue weighted by Crippen LogP contribution is 2.47. The Kier molecular flexibility index (Phi) is 2.83. The van der Waals surface area contributed by atoms with Crippen molar-refractivity contribution >= 4 is 29.0 Å². The number of allylic oxidation sites excluding steroid dienone is 2. The van der Waals surface area contributed by atoms with Crippen molar-refractivity contribution < 1.29 is 4.79 Å². The summed E-state index contributed by atoms with van der Waals surface area (Å²) >= 11 is 5.95. The van der Waals surface area contributed by atoms with Gasteiger partial charge in [0.1, 0.15) is 5.82 Å². The third-order valence-corrected chi connectivity index (χ3v) is 5.70. The van der Waals surface area contributed by atoms with E-state index in [0.29, 0.717) is 11.7 Å². The first-order chi connectivity index (χ1) is 11.7. The van der Waals surface area contributed by atoms with Gasteiger partial charge in [0, 0.05) is 23.1 Å². The van der Waals surface area contributed by atoms with Crippen LogP contribution >= 0.6 is 11.6 Å². The number of carbonyl (C=O) groups excluding carboxylic acids is 1. The standard InChI is InChI=1S/C19H16ClN3O/c20-10-14-4-3-11-6-12-8-19(9-13(12)7-16(11)22-14)15-2-1-5-21-17(15)23-18(19)24/h1-2,4-7,22H,3,8-10H2,(H,21,23,24)/t19-/m0/s1. The van der Waals surface area contributed by atoms with Crippen molar-refractivity contribution in [3.8, 4) is 0 Å². The first kappa shape index (κ1) is 14.1. The summed E-state index contributed by atoms with van der Waals surface area (Å²) in [7, 11) is 0. The van der Waals surface area contributed by atoms with E-state index in [-0.39, 0.29) is 5.91 Å². The minimum atomic E-state index is -0.501. The van der Waals surface area contributed by atoms with Gasteiger partial charge in [0.15, 0.2) is 0 Å². The van der Waals surface area contributed by atoms with E-state index in [2.05, 4.69) is 33.8 Å². The summed E-state index contributed by atoms with van der Waals surface area (Å²) in [5.41, 5.74) is 6.47. The summed E-state index contributed by atoms with van der Waals surface area (Å²) < 4.78 is 0. The summed E-state index contributed by atoms with van der Waals surface area (Å²) in [5, 5.41) is 6.36. The fourth-order valence-electron chi connectivity index (χ4n) is 4.20. The van der Waals surface area contributed by atoms with Crippen molar-refractivity contribution in [1.29, 1.82) is 0 Å². The summed E-state index contributed by atoms with van der Waals surface area (Å²) in [6.07, 6.45) is 6.21. The van der Waals surface area contributed by atoms with E-state index >= 15 is 0 Å². The van der Waals surface area contributed by atoms with Gasteiger partial charge in [0.25, 0.3) is 0 Å². The Balaban J connectivity index is 1.58. The van der Waals surface area contributed by atoms with Gasteiger partial charge in [-0.1, -0.05) is 18.2 Å². The number of anilines is 2. The van der Waals surface area contributed by atoms with Crippen LogP contribution in [0.15, 0.2) is 42.2 Å². The average Bonchev–Trinajstić information content (AvgIpc) is 3.10. The number of nitrogens with zero attached hydrogens (tertiary/aromatic N) is 1. The van der Waals surface area contributed by atoms with Gasteiger partial charge in [-0.05, 0) is 48.1 Å². The van der Waals surface area contributed by atoms with Gasteiger partial charge in [-0.3, -0.25) is 4.79 Å². The molecule has 0 radical (unpaired) electrons. The molecule has 1 atom stereocenters. The minimum Gasteiger partial charge on any atom is -0.358 e. The maximum absolute atomic E-state index is 12.7. The van der Waals surface area contributed by atoms with E-state index in [9.17, 15) is 4.79 Å². The van der Waals surface area contributed by atoms with E-state index < -0.39 is 5.41 Å². The lowest BCUT2D eigenvalue weighted by Gasteiger charge is -2.20. The molecule has 24 heavy (non-hydrogen) atoms. The van der Waals surface area contributed by atoms with Crippen molar-refractivity contribution in [1.82, 2.24) is 4.98 Å². The number of hydrogen-bond donors (Lipinski definition) is 2. The maximum atomic E-state index is 12.7. The molecule has 1 aromatic carbocycles. The van der Waals surface area contributed by atoms with Crippen LogP contribution in [0.25, 0.3) is 0 Å². The van der Waals surface area contributed by atoms with Crippen LogP contribution in [0, 0.1) is 0 Å². The molecule has 0 saturated heterocycles. The SMILES string of the molecule is O=C1Nc2ncccc2[C@@]12Cc1cc3c(cc1C2)NC(CCl)=CC3. The summed E-state index contributed by atoms with van der Waals surface area (Å²) in [6, 6.07) is 8.38. The van der Waals surface area contributed by atoms with Gasteiger partial charge in [-0.15, -0.1) is 11.6 Å². The van der Waals surface area contributed by atoms with Gasteiger partial charge >= 0.3 is 0 Å². The average molecular weight is 338 g/mol. The van der Waals surface area contributed by atoms with Gasteiger partial charge in [-0.25, -0.2) is 4.98 Å². The molecular formula is C19H16ClN3O. The van der Waals surface area contributed by atoms with Crippen LogP contribution in [0.3, 0.4) is 0 Å². The van der Waals surface area contributed by atoms with Crippen LogP contribution in [0.2, 0.25) is 0 Å². The Morgan fingerprint density at radius 2 is 2.00 bits per heavy atom. The van der Waals surface area contributed by atoms with Crippen molar-refractivity contribution in [3.63, 3.8) is 0 Å². The second kappa shape index (κ2) is 4.84. The number of amides is 1. The number of aromatic nitrogens is 1. The quantitative estimate of drug-likeness (QED) is 0.786. The topological polar surface area (TPSA) is 54.0 Å². The lowest BCUT2D eigenvalue weighted by atomic mass is 9.79. The molecule has 0 fully saturated rings. The Bertz CT molecular complexity index is 921. The minimum absolute atomic E-state index is 0.0675. The zero-order valence-electron chi connectivity index (χ0n) is 13.0. The number of rotatable bonds is 1. The smallest absolute Gasteiger partial charge is 0.237 e. The van der Waals surface area contributed by atoms with Gasteiger partial charge in [-0.2, -0.15) is 0 Å². The largest absolute Gasteiger partial charge is 0.358 e. The number of benzene rings is 1. The predicted octanol–water partition coefficient (Wildman–Crippen LogP) is 3.16. The molecule has 1 amide bonds. The Morgan fingerprint density at radius 3 is 2.83 bits per heavy atom. The zero-order valence-corrected chi connectivity index (χ0v) is 13.8. The van der Waals surface area contributed by atoms with E-state index in [4.69, 9.17) is 11.6 Å². The highest BCUT2D eigenvalue weighted by molar-refractivity contribution is 6.19. The molecule has 4 nitrogen and oxygen atoms in total. The van der Waals surface area contributed by atoms with Crippen LogP contribution in [-0.4, -0.2) is 16.8 Å². The Hall–Kier alpha value is -2.33. The highest BCUT2D eigenvalue weighted by atomic mass is 35.5. The van der Waals surface area contributed by atoms with Gasteiger partial charge < -0.3 is 10.6 Å². The molecule has 3 heterocycles. The number of fused-ring (bicyclic) bond motifs is 4. The molecule has 0 saturated carbocycles. The van der Waals surface area contributed by atoms with Crippen molar-refractivity contribution in [2.24, 2.45) is 0 Å². The lowest BCUT2D eigenvalue weighted by molar-refractivity contribution is -0.120. The molecule has 2 aromatic rings. The second-order valence-corrected chi connectivity index (χ2v) is 7.03. The number of hydrogen-bond acceptors (Lipinski definition) is 3. The number of nitrogens with one attached hydrogen (secondary N) is 2. The number of carbonyl (C=O) groups is 1. The number of pyridine rings is 1. The predicted molar refractivity (Wildman–Crippen MR) is 94.5 cm³/mol. The second-order valence-electron chi connectivity index (χ2n) is 6.76. The Morgan fingerprint density at radius 1 is 1.17 bits per heavy atom. The molecule has 2 aliphatic heterocycles. The summed E-state index contributed by atoms with van der Waals surface area (Å²) in [4.78, 5) is 17.1. The van der Waals surface area contributed by atoms with E-state index in [1.807, 2.05) is 12.1 Å². The third kappa shape index (κ3) is 1.80. The van der Waals surface area contributed by atoms with Crippen LogP contribution in [0.1, 0.15) is 22.3 Å². The van der Waals surface area contributed by atoms with Crippen LogP contribution in [0.5, 0.6) is 0 Å². The summed E-state index contributed by atoms with van der Waals surface area (Å²) in [5.74, 6) is 1.27. The van der Waals surface area contributed by atoms with E-state index in [0.717, 1.165) is 36.2 Å². The van der Waals surface area contributed by atoms with Crippen LogP contribution in [-0.2, 0) is 29.5 Å². The monoisotopic (exact) mass is 337 g/mol. The third-order valence-electron chi connectivity index (χ3n) is 5.41. The maximum Gasteiger partial charge on any atom is 0.237 e. The molecule has 3 aliphatic rings. The molecule has 1 aromatic heterocycles. The molecule has 2 N–H and O–H groups in total. The normalized spacial score (nSPS) is 23.2. The number of halogens is 1. The molecule has 0 bridgehead atoms. The summed E-state index contributed by atoms with van der Waals surface area (Å²) in [6.45, 7) is 0. The van der Waals surface area contributed by atoms with Gasteiger partial charge in [0.2, 0.25) is 5.91 Å². The van der Waals surface area contributed by atoms with E-state index in [1.165, 1.54) is 16.7 Å². The fourth-order valence-corrected chi connectivity index (χ4v) is 4.38. The lowest BCUT2D eigenvalue weighted by Crippen LogP contribution is -2.35. The van der Waals surface area contributed by atoms with Crippen molar-refractivity contribution in [2.75, 3.05) is 16.5 Å². The zero-order chi connectivity index (χ0) is 16.3. The molecular weight excluding hydrogens is 322 g/mol. The van der Waals surface area contributed by atoms with E-state index in [1.54, 1.807) is 6.20 Å². The molecule has 1 aliphatic carbocycles. The molecule has 0 unspecified atom stereocenters. The van der Waals surface area contributed by atoms with Gasteiger partial charge in [0.05, 0.1) is 11.3 Å². The van der Waals surface area contributed by atoms with Crippen molar-refractivity contribution in [3.05, 3.63) is 64.5 Å². The highest BCUT2D eigenvalue weighted by Gasteiger charge is 2.51. The fraction of sp³-hybridized carbons (Fsp3) is 0.263. The first-order valence-electron chi connectivity index (χ1n) is 8.13. The van der Waals surface area contributed by atoms with Crippen molar-refractivity contribution in [2.45, 2.75) is 24.7 Å². The van der Waals surface area contributed by atoms with Crippen LogP contribution in [0.4, 0.5) is 11.5 Å². The molecule has 120 valence electrons. The molecule has 5 heteroatoms. The molecule has 5 rings (SSSR count). The Labute approximate surface area is 144 Å². The molecule has 1 spiro atoms. The first-order valence-corrected chi connectivity index (χ1v) is 8.67.